The molecule has 0 radical (unpaired) electrons. The number of nitrogens with one attached hydrogen (secondary N) is 1. The van der Waals surface area contributed by atoms with Crippen LogP contribution in [0, 0.1) is 13.8 Å². The highest BCUT2D eigenvalue weighted by Gasteiger charge is 2.31. The predicted molar refractivity (Wildman–Crippen MR) is 106 cm³/mol. The van der Waals surface area contributed by atoms with Crippen LogP contribution >= 0.6 is 0 Å². The molecule has 0 aliphatic carbocycles. The maximum absolute atomic E-state index is 13.1. The molecule has 0 spiro atoms. The lowest BCUT2D eigenvalue weighted by Crippen LogP contribution is -2.54. The summed E-state index contributed by atoms with van der Waals surface area (Å²) < 4.78 is 5.71. The van der Waals surface area contributed by atoms with Gasteiger partial charge in [-0.15, -0.1) is 0 Å². The number of aliphatic hydroxyl groups excluding tert-OH is 1. The molecule has 1 atom stereocenters. The molecule has 0 unspecified atom stereocenters. The van der Waals surface area contributed by atoms with Gasteiger partial charge >= 0.3 is 0 Å². The van der Waals surface area contributed by atoms with E-state index in [1.807, 2.05) is 49.1 Å². The van der Waals surface area contributed by atoms with Gasteiger partial charge in [-0.3, -0.25) is 14.8 Å². The van der Waals surface area contributed by atoms with Gasteiger partial charge in [0.15, 0.2) is 5.69 Å². The Labute approximate surface area is 163 Å². The molecule has 1 aliphatic rings. The fourth-order valence-corrected chi connectivity index (χ4v) is 3.92. The van der Waals surface area contributed by atoms with E-state index in [1.54, 1.807) is 0 Å². The van der Waals surface area contributed by atoms with Crippen LogP contribution in [-0.2, 0) is 6.54 Å². The van der Waals surface area contributed by atoms with Gasteiger partial charge in [0, 0.05) is 37.7 Å². The van der Waals surface area contributed by atoms with Crippen LogP contribution in [0.15, 0.2) is 34.7 Å². The number of carbonyl (C=O) groups is 1. The predicted octanol–water partition coefficient (Wildman–Crippen LogP) is 2.48. The molecule has 4 rings (SSSR count). The number of hydrogen-bond donors (Lipinski definition) is 2. The number of aromatic amines is 1. The molecule has 2 aromatic heterocycles. The molecule has 7 nitrogen and oxygen atoms in total. The van der Waals surface area contributed by atoms with Gasteiger partial charge in [0.2, 0.25) is 0 Å². The van der Waals surface area contributed by atoms with Gasteiger partial charge in [-0.25, -0.2) is 0 Å². The average molecular weight is 382 g/mol. The van der Waals surface area contributed by atoms with Crippen molar-refractivity contribution >= 4 is 16.8 Å². The summed E-state index contributed by atoms with van der Waals surface area (Å²) in [5.74, 6) is 1.74. The molecule has 148 valence electrons. The van der Waals surface area contributed by atoms with Crippen LogP contribution in [-0.4, -0.2) is 63.3 Å². The van der Waals surface area contributed by atoms with E-state index in [-0.39, 0.29) is 18.6 Å². The third kappa shape index (κ3) is 3.68. The van der Waals surface area contributed by atoms with E-state index in [2.05, 4.69) is 15.1 Å². The third-order valence-corrected chi connectivity index (χ3v) is 5.43. The Morgan fingerprint density at radius 3 is 2.89 bits per heavy atom. The number of aryl methyl sites for hydroxylation is 2. The number of piperazine rings is 1. The van der Waals surface area contributed by atoms with Crippen LogP contribution in [0.5, 0.6) is 0 Å². The zero-order valence-corrected chi connectivity index (χ0v) is 16.3. The van der Waals surface area contributed by atoms with E-state index >= 15 is 0 Å². The van der Waals surface area contributed by atoms with Crippen molar-refractivity contribution in [3.8, 4) is 0 Å². The maximum Gasteiger partial charge on any atom is 0.275 e. The highest BCUT2D eigenvalue weighted by molar-refractivity contribution is 6.04. The summed E-state index contributed by atoms with van der Waals surface area (Å²) in [5.41, 5.74) is 2.43. The summed E-state index contributed by atoms with van der Waals surface area (Å²) >= 11 is 0. The van der Waals surface area contributed by atoms with E-state index in [0.717, 1.165) is 34.5 Å². The lowest BCUT2D eigenvalue weighted by atomic mass is 10.1. The molecule has 0 saturated carbocycles. The second-order valence-corrected chi connectivity index (χ2v) is 7.52. The van der Waals surface area contributed by atoms with Crippen molar-refractivity contribution in [1.82, 2.24) is 20.0 Å². The number of rotatable bonds is 5. The maximum atomic E-state index is 13.1. The lowest BCUT2D eigenvalue weighted by molar-refractivity contribution is 0.0369. The van der Waals surface area contributed by atoms with Crippen molar-refractivity contribution in [2.45, 2.75) is 32.9 Å². The monoisotopic (exact) mass is 382 g/mol. The minimum atomic E-state index is -0.0618. The van der Waals surface area contributed by atoms with Gasteiger partial charge < -0.3 is 14.4 Å². The Morgan fingerprint density at radius 2 is 2.14 bits per heavy atom. The van der Waals surface area contributed by atoms with E-state index in [1.165, 1.54) is 0 Å². The Balaban J connectivity index is 1.51. The summed E-state index contributed by atoms with van der Waals surface area (Å²) in [6.45, 7) is 6.64. The van der Waals surface area contributed by atoms with Crippen molar-refractivity contribution in [2.75, 3.05) is 26.2 Å². The van der Waals surface area contributed by atoms with Crippen LogP contribution in [0.1, 0.15) is 34.0 Å². The topological polar surface area (TPSA) is 85.6 Å². The number of fused-ring (bicyclic) bond motifs is 1. The van der Waals surface area contributed by atoms with Crippen molar-refractivity contribution in [3.63, 3.8) is 0 Å². The molecule has 7 heteroatoms. The Bertz CT molecular complexity index is 977. The fraction of sp³-hybridized carbons (Fsp3) is 0.429. The normalized spacial score (nSPS) is 18.1. The van der Waals surface area contributed by atoms with E-state index in [0.29, 0.717) is 31.7 Å². The van der Waals surface area contributed by atoms with Crippen LogP contribution < -0.4 is 0 Å². The van der Waals surface area contributed by atoms with Crippen LogP contribution in [0.2, 0.25) is 0 Å². The first kappa shape index (κ1) is 18.7. The summed E-state index contributed by atoms with van der Waals surface area (Å²) in [5, 5.41) is 17.6. The quantitative estimate of drug-likeness (QED) is 0.708. The molecule has 1 fully saturated rings. The third-order valence-electron chi connectivity index (χ3n) is 5.43. The first-order valence-electron chi connectivity index (χ1n) is 9.69. The second-order valence-electron chi connectivity index (χ2n) is 7.52. The zero-order valence-electron chi connectivity index (χ0n) is 16.3. The smallest absolute Gasteiger partial charge is 0.275 e. The van der Waals surface area contributed by atoms with Gasteiger partial charge in [0.25, 0.3) is 5.91 Å². The molecular weight excluding hydrogens is 356 g/mol. The van der Waals surface area contributed by atoms with Crippen molar-refractivity contribution in [3.05, 3.63) is 53.1 Å². The standard InChI is InChI=1S/C21H26N4O3/c1-14-3-6-19-18(11-14)20(23-22-19)21(27)25-9-8-24(16(12-25)7-10-26)13-17-5-4-15(2)28-17/h3-6,11,16,26H,7-10,12-13H2,1-2H3,(H,22,23)/t16-/m0/s1. The Morgan fingerprint density at radius 1 is 1.29 bits per heavy atom. The number of benzene rings is 1. The Kier molecular flexibility index (Phi) is 5.19. The fourth-order valence-electron chi connectivity index (χ4n) is 3.92. The molecule has 2 N–H and O–H groups in total. The number of hydrogen-bond acceptors (Lipinski definition) is 5. The summed E-state index contributed by atoms with van der Waals surface area (Å²) in [7, 11) is 0. The van der Waals surface area contributed by atoms with Crippen molar-refractivity contribution < 1.29 is 14.3 Å². The average Bonchev–Trinajstić information content (AvgIpc) is 3.28. The first-order chi connectivity index (χ1) is 13.5. The molecule has 28 heavy (non-hydrogen) atoms. The molecular formula is C21H26N4O3. The number of amides is 1. The minimum Gasteiger partial charge on any atom is -0.465 e. The largest absolute Gasteiger partial charge is 0.465 e. The summed E-state index contributed by atoms with van der Waals surface area (Å²) in [6.07, 6.45) is 0.615. The van der Waals surface area contributed by atoms with Gasteiger partial charge in [0.05, 0.1) is 12.1 Å². The second kappa shape index (κ2) is 7.77. The first-order valence-corrected chi connectivity index (χ1v) is 9.69. The summed E-state index contributed by atoms with van der Waals surface area (Å²) in [4.78, 5) is 17.3. The van der Waals surface area contributed by atoms with Gasteiger partial charge in [0.1, 0.15) is 11.5 Å². The van der Waals surface area contributed by atoms with E-state index < -0.39 is 0 Å². The highest BCUT2D eigenvalue weighted by atomic mass is 16.3. The van der Waals surface area contributed by atoms with Gasteiger partial charge in [-0.2, -0.15) is 5.10 Å². The molecule has 1 amide bonds. The number of H-pyrrole nitrogens is 1. The van der Waals surface area contributed by atoms with E-state index in [9.17, 15) is 9.90 Å². The van der Waals surface area contributed by atoms with Gasteiger partial charge in [-0.1, -0.05) is 11.6 Å². The SMILES string of the molecule is Cc1ccc2[nH]nc(C(=O)N3CCN(Cc4ccc(C)o4)[C@@H](CCO)C3)c2c1. The lowest BCUT2D eigenvalue weighted by Gasteiger charge is -2.40. The van der Waals surface area contributed by atoms with Gasteiger partial charge in [-0.05, 0) is 44.5 Å². The van der Waals surface area contributed by atoms with E-state index in [4.69, 9.17) is 4.42 Å². The number of nitrogens with zero attached hydrogens (tertiary/aromatic N) is 3. The van der Waals surface area contributed by atoms with Crippen molar-refractivity contribution in [1.29, 1.82) is 0 Å². The molecule has 0 bridgehead atoms. The molecule has 1 saturated heterocycles. The van der Waals surface area contributed by atoms with Crippen LogP contribution in [0.4, 0.5) is 0 Å². The Hall–Kier alpha value is -2.64. The van der Waals surface area contributed by atoms with Crippen molar-refractivity contribution in [2.24, 2.45) is 0 Å². The summed E-state index contributed by atoms with van der Waals surface area (Å²) in [6, 6.07) is 9.97. The van der Waals surface area contributed by atoms with Crippen LogP contribution in [0.3, 0.4) is 0 Å². The zero-order chi connectivity index (χ0) is 19.7. The molecule has 3 heterocycles. The minimum absolute atomic E-state index is 0.0618. The molecule has 1 aliphatic heterocycles. The number of furan rings is 1. The van der Waals surface area contributed by atoms with Crippen LogP contribution in [0.25, 0.3) is 10.9 Å². The molecule has 1 aromatic carbocycles. The number of aliphatic hydroxyl groups is 1. The number of carbonyl (C=O) groups excluding carboxylic acids is 1. The number of aromatic nitrogens is 2. The highest BCUT2D eigenvalue weighted by Crippen LogP contribution is 2.22. The molecule has 3 aromatic rings.